The molecule has 444 valence electrons. The lowest BCUT2D eigenvalue weighted by Crippen LogP contribution is -2.36. The van der Waals surface area contributed by atoms with Crippen molar-refractivity contribution in [3.63, 3.8) is 0 Å². The molecule has 4 heterocycles. The summed E-state index contributed by atoms with van der Waals surface area (Å²) in [5.74, 6) is 1.72. The Morgan fingerprint density at radius 1 is 0.418 bits per heavy atom. The Balaban J connectivity index is 0.867. The van der Waals surface area contributed by atoms with Crippen LogP contribution in [-0.4, -0.2) is 16.2 Å². The lowest BCUT2D eigenvalue weighted by atomic mass is 9.64. The van der Waals surface area contributed by atoms with E-state index in [-0.39, 0.29) is 40.4 Å². The first-order valence-corrected chi connectivity index (χ1v) is 31.7. The van der Waals surface area contributed by atoms with Crippen molar-refractivity contribution in [1.82, 2.24) is 9.55 Å². The molecule has 0 fully saturated rings. The molecule has 1 spiro atoms. The number of anilines is 7. The van der Waals surface area contributed by atoms with E-state index in [0.29, 0.717) is 45.8 Å². The minimum atomic E-state index is -0.653. The van der Waals surface area contributed by atoms with Crippen molar-refractivity contribution < 1.29 is 10.2 Å². The van der Waals surface area contributed by atoms with Crippen LogP contribution in [0.25, 0.3) is 61.0 Å². The molecular weight excluding hydrogens is 1110 g/mol. The molecule has 0 saturated carbocycles. The summed E-state index contributed by atoms with van der Waals surface area (Å²) in [5, 5.41) is 1.11. The van der Waals surface area contributed by atoms with Crippen LogP contribution in [0, 0.1) is 0 Å². The van der Waals surface area contributed by atoms with Crippen LogP contribution in [0.3, 0.4) is 0 Å². The van der Waals surface area contributed by atoms with E-state index in [2.05, 4.69) is 271 Å². The Hall–Kier alpha value is -10.4. The van der Waals surface area contributed by atoms with E-state index in [1.807, 2.05) is 47.0 Å². The fourth-order valence-electron chi connectivity index (χ4n) is 14.7. The fraction of sp³-hybridized carbons (Fsp3) is 0.165. The number of ether oxygens (including phenoxy) is 1. The second kappa shape index (κ2) is 20.8. The predicted molar refractivity (Wildman–Crippen MR) is 380 cm³/mol. The first-order chi connectivity index (χ1) is 45.7. The van der Waals surface area contributed by atoms with E-state index in [0.717, 1.165) is 67.6 Å². The normalized spacial score (nSPS) is 14.6. The van der Waals surface area contributed by atoms with Crippen molar-refractivity contribution in [3.05, 3.63) is 306 Å². The van der Waals surface area contributed by atoms with Crippen molar-refractivity contribution in [2.24, 2.45) is 0 Å². The Bertz CT molecular complexity index is 5220. The third-order valence-electron chi connectivity index (χ3n) is 19.1. The summed E-state index contributed by atoms with van der Waals surface area (Å²) in [5.41, 5.74) is 23.2. The Labute approximate surface area is 540 Å². The third-order valence-corrected chi connectivity index (χ3v) is 19.1. The summed E-state index contributed by atoms with van der Waals surface area (Å²) in [4.78, 5) is 12.2. The molecule has 0 radical (unpaired) electrons. The highest BCUT2D eigenvalue weighted by atomic mass is 16.5. The number of rotatable bonds is 8. The van der Waals surface area contributed by atoms with E-state index in [1.165, 1.54) is 44.5 Å². The molecule has 2 aliphatic heterocycles. The molecule has 0 N–H and O–H groups in total. The standard InChI is InChI=1S/C85H73N5O/c1-82(2,3)56-46-47-86-79(51-56)90-73-39-18-14-30-64(73)65-45-44-62(53-78(65)90)91-61-29-23-28-60(52-61)87-54-88(77-43-22-21-42-76(77)87)81-63(55-48-57(83(4,5)6)50-58(49-55)84(7,8)9)32-24-34-67(81)66-33-25-38-72-80(66)68-31-13-15-35-69(68)85(72)70-36-16-19-40-74(70)89(59-26-11-10-12-27-59)75-41-20-17-37-71(75)85/h10-53H,54H2,1-9H3/i14D,18D,30D,39D. The van der Waals surface area contributed by atoms with Gasteiger partial charge in [0.05, 0.1) is 50.4 Å². The van der Waals surface area contributed by atoms with Gasteiger partial charge in [0.1, 0.15) is 24.0 Å². The second-order valence-corrected chi connectivity index (χ2v) is 27.7. The van der Waals surface area contributed by atoms with Crippen LogP contribution in [0.15, 0.2) is 267 Å². The topological polar surface area (TPSA) is 36.8 Å². The zero-order chi connectivity index (χ0) is 65.6. The van der Waals surface area contributed by atoms with Crippen LogP contribution < -0.4 is 19.4 Å². The lowest BCUT2D eigenvalue weighted by molar-refractivity contribution is 0.483. The minimum Gasteiger partial charge on any atom is -0.457 e. The monoisotopic (exact) mass is 1180 g/mol. The second-order valence-electron chi connectivity index (χ2n) is 27.7. The summed E-state index contributed by atoms with van der Waals surface area (Å²) in [6.07, 6.45) is 1.77. The molecule has 1 aliphatic carbocycles. The summed E-state index contributed by atoms with van der Waals surface area (Å²) in [6.45, 7) is 20.8. The maximum atomic E-state index is 9.24. The first kappa shape index (κ1) is 51.5. The van der Waals surface area contributed by atoms with Gasteiger partial charge >= 0.3 is 0 Å². The molecule has 0 saturated heterocycles. The minimum absolute atomic E-state index is 0.0972. The molecule has 3 aliphatic rings. The molecule has 11 aromatic carbocycles. The van der Waals surface area contributed by atoms with Crippen LogP contribution in [0.1, 0.15) is 107 Å². The molecule has 16 rings (SSSR count). The van der Waals surface area contributed by atoms with Gasteiger partial charge in [-0.3, -0.25) is 4.57 Å². The smallest absolute Gasteiger partial charge is 0.137 e. The zero-order valence-corrected chi connectivity index (χ0v) is 52.9. The average molecular weight is 1180 g/mol. The molecule has 0 amide bonds. The molecule has 0 atom stereocenters. The fourth-order valence-corrected chi connectivity index (χ4v) is 14.7. The SMILES string of the molecule is [2H]c1c([2H])c([2H])c2c(c1[2H])c1ccc(Oc3cccc(N4CN(c5c(-c6cc(C(C)(C)C)cc(C(C)(C)C)c6)cccc5-c5cccc6c5-c5ccccc5C65c6ccccc6N(c6ccccc6)c6ccccc65)c5ccccc54)c3)cc1n2-c1cc(C(C)(C)C)ccn1. The van der Waals surface area contributed by atoms with E-state index >= 15 is 0 Å². The van der Waals surface area contributed by atoms with Gasteiger partial charge in [0.2, 0.25) is 0 Å². The van der Waals surface area contributed by atoms with Crippen molar-refractivity contribution in [1.29, 1.82) is 0 Å². The molecule has 13 aromatic rings. The largest absolute Gasteiger partial charge is 0.457 e. The number of hydrogen-bond acceptors (Lipinski definition) is 5. The van der Waals surface area contributed by atoms with Gasteiger partial charge in [-0.1, -0.05) is 232 Å². The van der Waals surface area contributed by atoms with Gasteiger partial charge in [-0.25, -0.2) is 4.98 Å². The van der Waals surface area contributed by atoms with E-state index in [4.69, 9.17) is 13.8 Å². The van der Waals surface area contributed by atoms with Gasteiger partial charge in [-0.2, -0.15) is 0 Å². The molecule has 91 heavy (non-hydrogen) atoms. The Morgan fingerprint density at radius 3 is 1.69 bits per heavy atom. The van der Waals surface area contributed by atoms with Crippen molar-refractivity contribution in [2.75, 3.05) is 21.4 Å². The molecular formula is C85H73N5O. The predicted octanol–water partition coefficient (Wildman–Crippen LogP) is 22.6. The highest BCUT2D eigenvalue weighted by molar-refractivity contribution is 6.10. The van der Waals surface area contributed by atoms with Crippen LogP contribution in [0.2, 0.25) is 0 Å². The van der Waals surface area contributed by atoms with Crippen LogP contribution >= 0.6 is 0 Å². The van der Waals surface area contributed by atoms with Gasteiger partial charge in [0, 0.05) is 51.6 Å². The van der Waals surface area contributed by atoms with E-state index in [9.17, 15) is 1.37 Å². The molecule has 2 aromatic heterocycles. The first-order valence-electron chi connectivity index (χ1n) is 33.7. The summed E-state index contributed by atoms with van der Waals surface area (Å²) in [6, 6.07) is 85.2. The number of hydrogen-bond donors (Lipinski definition) is 0. The lowest BCUT2D eigenvalue weighted by Gasteiger charge is -2.45. The number of aromatic nitrogens is 2. The Morgan fingerprint density at radius 2 is 0.978 bits per heavy atom. The third kappa shape index (κ3) is 8.93. The van der Waals surface area contributed by atoms with Crippen molar-refractivity contribution in [2.45, 2.75) is 84.0 Å². The van der Waals surface area contributed by atoms with E-state index in [1.54, 1.807) is 6.20 Å². The van der Waals surface area contributed by atoms with Gasteiger partial charge < -0.3 is 19.4 Å². The molecule has 0 unspecified atom stereocenters. The van der Waals surface area contributed by atoms with Gasteiger partial charge in [-0.05, 0) is 156 Å². The van der Waals surface area contributed by atoms with Gasteiger partial charge in [0.15, 0.2) is 0 Å². The highest BCUT2D eigenvalue weighted by Gasteiger charge is 2.52. The molecule has 0 bridgehead atoms. The summed E-state index contributed by atoms with van der Waals surface area (Å²) >= 11 is 0. The van der Waals surface area contributed by atoms with Crippen LogP contribution in [0.5, 0.6) is 11.5 Å². The van der Waals surface area contributed by atoms with Crippen LogP contribution in [-0.2, 0) is 21.7 Å². The quantitative estimate of drug-likeness (QED) is 0.152. The highest BCUT2D eigenvalue weighted by Crippen LogP contribution is 2.65. The van der Waals surface area contributed by atoms with E-state index < -0.39 is 5.41 Å². The number of pyridine rings is 1. The number of nitrogens with zero attached hydrogens (tertiary/aromatic N) is 5. The zero-order valence-electron chi connectivity index (χ0n) is 56.9. The van der Waals surface area contributed by atoms with Gasteiger partial charge in [-0.15, -0.1) is 0 Å². The summed E-state index contributed by atoms with van der Waals surface area (Å²) < 4.78 is 44.7. The molecule has 6 heteroatoms. The van der Waals surface area contributed by atoms with Gasteiger partial charge in [0.25, 0.3) is 0 Å². The number of benzene rings is 11. The maximum Gasteiger partial charge on any atom is 0.137 e. The number of para-hydroxylation sites is 7. The Kier molecular flexibility index (Phi) is 11.8. The van der Waals surface area contributed by atoms with Crippen molar-refractivity contribution >= 4 is 61.6 Å². The molecule has 6 nitrogen and oxygen atoms in total. The summed E-state index contributed by atoms with van der Waals surface area (Å²) in [7, 11) is 0. The number of fused-ring (bicyclic) bond motifs is 13. The van der Waals surface area contributed by atoms with Crippen LogP contribution in [0.4, 0.5) is 39.8 Å². The van der Waals surface area contributed by atoms with Crippen molar-refractivity contribution in [3.8, 4) is 50.7 Å². The average Bonchev–Trinajstić information content (AvgIpc) is 1.56. The maximum absolute atomic E-state index is 9.24.